The molecule has 0 bridgehead atoms. The van der Waals surface area contributed by atoms with Crippen molar-refractivity contribution in [3.8, 4) is 16.9 Å². The van der Waals surface area contributed by atoms with Crippen molar-refractivity contribution in [3.05, 3.63) is 119 Å². The predicted molar refractivity (Wildman–Crippen MR) is 185 cm³/mol. The molecule has 0 saturated carbocycles. The molecule has 1 aromatic heterocycles. The SMILES string of the molecule is CCOC(=O)c1cnc2ccc(OC3CCN(C(=O)OCC4c5ccccc5-c5ccccc54)CC3)cc2c1Nc1ccccc1C(=O)O. The second kappa shape index (κ2) is 13.7. The number of aromatic carboxylic acids is 1. The van der Waals surface area contributed by atoms with Gasteiger partial charge in [-0.25, -0.2) is 14.4 Å². The average Bonchev–Trinajstić information content (AvgIpc) is 3.44. The van der Waals surface area contributed by atoms with E-state index < -0.39 is 11.9 Å². The van der Waals surface area contributed by atoms with Crippen LogP contribution in [0.3, 0.4) is 0 Å². The number of esters is 1. The minimum Gasteiger partial charge on any atom is -0.490 e. The summed E-state index contributed by atoms with van der Waals surface area (Å²) in [6.45, 7) is 3.13. The van der Waals surface area contributed by atoms with E-state index in [1.807, 2.05) is 30.3 Å². The molecule has 10 heteroatoms. The molecule has 0 spiro atoms. The third kappa shape index (κ3) is 6.37. The summed E-state index contributed by atoms with van der Waals surface area (Å²) < 4.78 is 17.5. The molecule has 2 aliphatic rings. The minimum atomic E-state index is -1.10. The number of fused-ring (bicyclic) bond motifs is 4. The van der Waals surface area contributed by atoms with Gasteiger partial charge in [-0.05, 0) is 59.5 Å². The van der Waals surface area contributed by atoms with Gasteiger partial charge in [0.2, 0.25) is 0 Å². The number of anilines is 2. The monoisotopic (exact) mass is 657 g/mol. The lowest BCUT2D eigenvalue weighted by Crippen LogP contribution is -2.42. The van der Waals surface area contributed by atoms with Crippen LogP contribution in [-0.4, -0.2) is 65.4 Å². The zero-order valence-corrected chi connectivity index (χ0v) is 26.9. The van der Waals surface area contributed by atoms with Gasteiger partial charge in [-0.2, -0.15) is 0 Å². The summed E-state index contributed by atoms with van der Waals surface area (Å²) in [5.74, 6) is -1.13. The number of ether oxygens (including phenoxy) is 3. The van der Waals surface area contributed by atoms with E-state index in [0.717, 1.165) is 0 Å². The molecule has 0 atom stereocenters. The third-order valence-electron chi connectivity index (χ3n) is 9.09. The summed E-state index contributed by atoms with van der Waals surface area (Å²) in [7, 11) is 0. The van der Waals surface area contributed by atoms with Crippen molar-refractivity contribution in [2.45, 2.75) is 31.8 Å². The van der Waals surface area contributed by atoms with Gasteiger partial charge in [-0.1, -0.05) is 60.7 Å². The van der Waals surface area contributed by atoms with Crippen LogP contribution >= 0.6 is 0 Å². The van der Waals surface area contributed by atoms with Crippen LogP contribution in [0.1, 0.15) is 57.5 Å². The largest absolute Gasteiger partial charge is 0.490 e. The van der Waals surface area contributed by atoms with E-state index in [2.05, 4.69) is 34.6 Å². The Hall–Kier alpha value is -5.90. The highest BCUT2D eigenvalue weighted by molar-refractivity contribution is 6.07. The first-order chi connectivity index (χ1) is 23.9. The highest BCUT2D eigenvalue weighted by Gasteiger charge is 2.31. The lowest BCUT2D eigenvalue weighted by atomic mass is 9.98. The molecule has 2 N–H and O–H groups in total. The summed E-state index contributed by atoms with van der Waals surface area (Å²) in [5.41, 5.74) is 6.22. The van der Waals surface area contributed by atoms with Gasteiger partial charge in [0.1, 0.15) is 24.0 Å². The van der Waals surface area contributed by atoms with Crippen molar-refractivity contribution in [1.29, 1.82) is 0 Å². The number of carboxylic acid groups (broad SMARTS) is 1. The Kier molecular flexibility index (Phi) is 8.85. The molecule has 7 rings (SSSR count). The number of likely N-dealkylation sites (tertiary alicyclic amines) is 1. The first-order valence-corrected chi connectivity index (χ1v) is 16.4. The van der Waals surface area contributed by atoms with Crippen LogP contribution in [0.2, 0.25) is 0 Å². The molecule has 1 fully saturated rings. The number of benzene rings is 4. The molecule has 1 amide bonds. The van der Waals surface area contributed by atoms with E-state index in [1.165, 1.54) is 34.5 Å². The Balaban J connectivity index is 1.04. The number of piperidine rings is 1. The Morgan fingerprint density at radius 3 is 2.22 bits per heavy atom. The number of amides is 1. The van der Waals surface area contributed by atoms with Gasteiger partial charge in [0.15, 0.2) is 0 Å². The number of para-hydroxylation sites is 1. The predicted octanol–water partition coefficient (Wildman–Crippen LogP) is 7.65. The van der Waals surface area contributed by atoms with Crippen LogP contribution in [0.5, 0.6) is 5.75 Å². The molecule has 0 unspecified atom stereocenters. The van der Waals surface area contributed by atoms with Crippen molar-refractivity contribution in [2.24, 2.45) is 0 Å². The number of hydrogen-bond donors (Lipinski definition) is 2. The van der Waals surface area contributed by atoms with Gasteiger partial charge >= 0.3 is 18.0 Å². The molecule has 5 aromatic rings. The van der Waals surface area contributed by atoms with Crippen LogP contribution in [0.15, 0.2) is 97.2 Å². The van der Waals surface area contributed by atoms with E-state index in [4.69, 9.17) is 14.2 Å². The fourth-order valence-corrected chi connectivity index (χ4v) is 6.69. The van der Waals surface area contributed by atoms with Crippen molar-refractivity contribution >= 4 is 40.3 Å². The van der Waals surface area contributed by atoms with Crippen LogP contribution in [0.25, 0.3) is 22.0 Å². The van der Waals surface area contributed by atoms with Crippen molar-refractivity contribution in [2.75, 3.05) is 31.6 Å². The summed E-state index contributed by atoms with van der Waals surface area (Å²) in [6, 6.07) is 28.4. The number of aromatic nitrogens is 1. The fourth-order valence-electron chi connectivity index (χ4n) is 6.69. The van der Waals surface area contributed by atoms with Gasteiger partial charge in [0.25, 0.3) is 0 Å². The molecule has 10 nitrogen and oxygen atoms in total. The Bertz CT molecular complexity index is 2010. The first-order valence-electron chi connectivity index (χ1n) is 16.4. The maximum atomic E-state index is 13.2. The maximum Gasteiger partial charge on any atom is 0.409 e. The van der Waals surface area contributed by atoms with Crippen LogP contribution in [0.4, 0.5) is 16.2 Å². The average molecular weight is 658 g/mol. The minimum absolute atomic E-state index is 0.000878. The summed E-state index contributed by atoms with van der Waals surface area (Å²) >= 11 is 0. The summed E-state index contributed by atoms with van der Waals surface area (Å²) in [6.07, 6.45) is 2.16. The van der Waals surface area contributed by atoms with Gasteiger partial charge < -0.3 is 29.5 Å². The van der Waals surface area contributed by atoms with Gasteiger partial charge in [0.05, 0.1) is 29.1 Å². The van der Waals surface area contributed by atoms with Crippen LogP contribution in [0, 0.1) is 0 Å². The van der Waals surface area contributed by atoms with E-state index >= 15 is 0 Å². The number of carbonyl (C=O) groups excluding carboxylic acids is 2. The molecule has 49 heavy (non-hydrogen) atoms. The van der Waals surface area contributed by atoms with E-state index in [1.54, 1.807) is 42.2 Å². The number of hydrogen-bond acceptors (Lipinski definition) is 8. The number of nitrogens with one attached hydrogen (secondary N) is 1. The standard InChI is InChI=1S/C39H35N3O7/c1-2-47-38(45)32-22-40-34-16-15-25(21-31(34)36(32)41-35-14-8-7-13-30(35)37(43)44)49-24-17-19-42(20-18-24)39(46)48-23-33-28-11-5-3-9-26(28)27-10-4-6-12-29(27)33/h3-16,21-22,24,33H,2,17-20,23H2,1H3,(H,40,41)(H,43,44). The zero-order chi connectivity index (χ0) is 33.9. The highest BCUT2D eigenvalue weighted by Crippen LogP contribution is 2.44. The summed E-state index contributed by atoms with van der Waals surface area (Å²) in [4.78, 5) is 44.2. The smallest absolute Gasteiger partial charge is 0.409 e. The van der Waals surface area contributed by atoms with E-state index in [-0.39, 0.29) is 42.5 Å². The summed E-state index contributed by atoms with van der Waals surface area (Å²) in [5, 5.41) is 13.5. The maximum absolute atomic E-state index is 13.2. The molecule has 4 aromatic carbocycles. The van der Waals surface area contributed by atoms with Gasteiger partial charge in [-0.3, -0.25) is 4.98 Å². The fraction of sp³-hybridized carbons (Fsp3) is 0.231. The highest BCUT2D eigenvalue weighted by atomic mass is 16.6. The van der Waals surface area contributed by atoms with E-state index in [9.17, 15) is 19.5 Å². The van der Waals surface area contributed by atoms with E-state index in [0.29, 0.717) is 54.0 Å². The van der Waals surface area contributed by atoms with Gasteiger partial charge in [0, 0.05) is 43.4 Å². The third-order valence-corrected chi connectivity index (χ3v) is 9.09. The molecule has 1 saturated heterocycles. The number of carbonyl (C=O) groups is 3. The number of pyridine rings is 1. The molecular weight excluding hydrogens is 622 g/mol. The van der Waals surface area contributed by atoms with Crippen molar-refractivity contribution in [1.82, 2.24) is 9.88 Å². The lowest BCUT2D eigenvalue weighted by Gasteiger charge is -2.32. The molecule has 248 valence electrons. The number of carboxylic acids is 1. The Morgan fingerprint density at radius 1 is 0.857 bits per heavy atom. The molecule has 1 aliphatic carbocycles. The zero-order valence-electron chi connectivity index (χ0n) is 26.9. The second-order valence-electron chi connectivity index (χ2n) is 12.0. The van der Waals surface area contributed by atoms with Crippen LogP contribution in [-0.2, 0) is 9.47 Å². The van der Waals surface area contributed by atoms with Crippen LogP contribution < -0.4 is 10.1 Å². The molecule has 0 radical (unpaired) electrons. The Labute approximate surface area is 283 Å². The normalized spacial score (nSPS) is 14.2. The quantitative estimate of drug-likeness (QED) is 0.154. The number of nitrogens with zero attached hydrogens (tertiary/aromatic N) is 2. The van der Waals surface area contributed by atoms with Crippen molar-refractivity contribution < 1.29 is 33.7 Å². The first kappa shape index (κ1) is 31.7. The van der Waals surface area contributed by atoms with Gasteiger partial charge in [-0.15, -0.1) is 0 Å². The lowest BCUT2D eigenvalue weighted by molar-refractivity contribution is 0.0526. The van der Waals surface area contributed by atoms with Crippen molar-refractivity contribution in [3.63, 3.8) is 0 Å². The Morgan fingerprint density at radius 2 is 1.53 bits per heavy atom. The topological polar surface area (TPSA) is 127 Å². The molecule has 1 aliphatic heterocycles. The molecular formula is C39H35N3O7. The number of rotatable bonds is 9. The molecule has 2 heterocycles. The second-order valence-corrected chi connectivity index (χ2v) is 12.0.